The summed E-state index contributed by atoms with van der Waals surface area (Å²) in [6.07, 6.45) is 6.18. The summed E-state index contributed by atoms with van der Waals surface area (Å²) < 4.78 is 5.43. The Balaban J connectivity index is 1.88. The van der Waals surface area contributed by atoms with Crippen molar-refractivity contribution in [2.24, 2.45) is 5.92 Å². The Morgan fingerprint density at radius 1 is 1.44 bits per heavy atom. The molecule has 96 valence electrons. The molecule has 0 spiro atoms. The number of benzene rings is 1. The summed E-state index contributed by atoms with van der Waals surface area (Å²) in [5.74, 6) is 1.34. The quantitative estimate of drug-likeness (QED) is 0.838. The van der Waals surface area contributed by atoms with Gasteiger partial charge in [-0.15, -0.1) is 0 Å². The van der Waals surface area contributed by atoms with Crippen molar-refractivity contribution in [3.63, 3.8) is 0 Å². The molecule has 2 N–H and O–H groups in total. The molecule has 0 bridgehead atoms. The minimum absolute atomic E-state index is 0.251. The first-order valence-corrected chi connectivity index (χ1v) is 6.25. The summed E-state index contributed by atoms with van der Waals surface area (Å²) in [6, 6.07) is 7.13. The Labute approximate surface area is 107 Å². The van der Waals surface area contributed by atoms with Gasteiger partial charge >= 0.3 is 6.03 Å². The van der Waals surface area contributed by atoms with Crippen LogP contribution in [0.3, 0.4) is 0 Å². The highest BCUT2D eigenvalue weighted by Gasteiger charge is 2.17. The van der Waals surface area contributed by atoms with Crippen LogP contribution in [0.1, 0.15) is 19.8 Å². The number of amides is 2. The van der Waals surface area contributed by atoms with Crippen molar-refractivity contribution < 1.29 is 9.53 Å². The van der Waals surface area contributed by atoms with Gasteiger partial charge in [-0.05, 0) is 37.8 Å². The fourth-order valence-electron chi connectivity index (χ4n) is 1.56. The number of hydrogen-bond donors (Lipinski definition) is 2. The van der Waals surface area contributed by atoms with E-state index in [-0.39, 0.29) is 6.03 Å². The number of anilines is 1. The molecule has 4 heteroatoms. The van der Waals surface area contributed by atoms with E-state index in [1.165, 1.54) is 12.8 Å². The number of carbonyl (C=O) groups is 1. The summed E-state index contributed by atoms with van der Waals surface area (Å²) in [7, 11) is 0. The molecule has 4 nitrogen and oxygen atoms in total. The number of allylic oxidation sites excluding steroid dienone is 1. The number of carbonyl (C=O) groups excluding carboxylic acids is 1. The number of ether oxygens (including phenoxy) is 1. The normalized spacial score (nSPS) is 14.5. The molecule has 0 atom stereocenters. The fourth-order valence-corrected chi connectivity index (χ4v) is 1.56. The number of urea groups is 1. The van der Waals surface area contributed by atoms with Crippen LogP contribution in [0.5, 0.6) is 5.75 Å². The molecular weight excluding hydrogens is 228 g/mol. The predicted octanol–water partition coefficient (Wildman–Crippen LogP) is 3.13. The Bertz CT molecular complexity index is 439. The van der Waals surface area contributed by atoms with E-state index in [9.17, 15) is 4.79 Å². The van der Waals surface area contributed by atoms with Crippen LogP contribution in [0.2, 0.25) is 0 Å². The average molecular weight is 246 g/mol. The molecular formula is C14H18N2O2. The Hall–Kier alpha value is -1.97. The molecule has 1 aliphatic rings. The van der Waals surface area contributed by atoms with E-state index in [0.29, 0.717) is 24.0 Å². The highest BCUT2D eigenvalue weighted by Crippen LogP contribution is 2.29. The van der Waals surface area contributed by atoms with Crippen LogP contribution in [0, 0.1) is 5.92 Å². The second-order valence-corrected chi connectivity index (χ2v) is 4.22. The summed E-state index contributed by atoms with van der Waals surface area (Å²) in [5.41, 5.74) is 0.677. The van der Waals surface area contributed by atoms with Crippen LogP contribution < -0.4 is 15.4 Å². The molecule has 0 unspecified atom stereocenters. The van der Waals surface area contributed by atoms with E-state index in [0.717, 1.165) is 0 Å². The zero-order valence-electron chi connectivity index (χ0n) is 10.5. The third-order valence-electron chi connectivity index (χ3n) is 2.64. The lowest BCUT2D eigenvalue weighted by molar-refractivity contribution is 0.254. The van der Waals surface area contributed by atoms with E-state index in [1.54, 1.807) is 6.20 Å². The van der Waals surface area contributed by atoms with Gasteiger partial charge in [0.1, 0.15) is 5.75 Å². The van der Waals surface area contributed by atoms with Gasteiger partial charge in [-0.1, -0.05) is 18.2 Å². The van der Waals surface area contributed by atoms with Crippen molar-refractivity contribution in [2.45, 2.75) is 19.8 Å². The molecule has 2 rings (SSSR count). The smallest absolute Gasteiger partial charge is 0.323 e. The molecule has 2 amide bonds. The van der Waals surface area contributed by atoms with Crippen molar-refractivity contribution in [1.29, 1.82) is 0 Å². The lowest BCUT2D eigenvalue weighted by Gasteiger charge is -2.10. The van der Waals surface area contributed by atoms with Crippen LogP contribution >= 0.6 is 0 Å². The van der Waals surface area contributed by atoms with Crippen LogP contribution in [0.15, 0.2) is 36.5 Å². The zero-order chi connectivity index (χ0) is 12.8. The molecule has 0 aromatic heterocycles. The summed E-state index contributed by atoms with van der Waals surface area (Å²) in [5, 5.41) is 5.45. The van der Waals surface area contributed by atoms with Crippen molar-refractivity contribution in [3.8, 4) is 5.75 Å². The van der Waals surface area contributed by atoms with E-state index < -0.39 is 0 Å². The van der Waals surface area contributed by atoms with Gasteiger partial charge in [0.2, 0.25) is 0 Å². The third kappa shape index (κ3) is 3.80. The molecule has 1 aliphatic carbocycles. The SMILES string of the molecule is CCOc1ccccc1NC(=O)N/C=C/C1CC1. The number of para-hydroxylation sites is 2. The lowest BCUT2D eigenvalue weighted by Crippen LogP contribution is -2.24. The van der Waals surface area contributed by atoms with Gasteiger partial charge in [-0.3, -0.25) is 0 Å². The number of nitrogens with one attached hydrogen (secondary N) is 2. The van der Waals surface area contributed by atoms with Gasteiger partial charge in [0, 0.05) is 6.20 Å². The van der Waals surface area contributed by atoms with Crippen molar-refractivity contribution in [1.82, 2.24) is 5.32 Å². The van der Waals surface area contributed by atoms with Crippen molar-refractivity contribution >= 4 is 11.7 Å². The van der Waals surface area contributed by atoms with Gasteiger partial charge in [0.05, 0.1) is 12.3 Å². The molecule has 18 heavy (non-hydrogen) atoms. The first-order valence-electron chi connectivity index (χ1n) is 6.25. The summed E-state index contributed by atoms with van der Waals surface area (Å²) in [4.78, 5) is 11.6. The third-order valence-corrected chi connectivity index (χ3v) is 2.64. The monoisotopic (exact) mass is 246 g/mol. The summed E-state index contributed by atoms with van der Waals surface area (Å²) in [6.45, 7) is 2.48. The minimum Gasteiger partial charge on any atom is -0.492 e. The van der Waals surface area contributed by atoms with Gasteiger partial charge in [-0.2, -0.15) is 0 Å². The maximum Gasteiger partial charge on any atom is 0.323 e. The fraction of sp³-hybridized carbons (Fsp3) is 0.357. The molecule has 0 radical (unpaired) electrons. The van der Waals surface area contributed by atoms with Gasteiger partial charge in [0.25, 0.3) is 0 Å². The molecule has 0 aliphatic heterocycles. The van der Waals surface area contributed by atoms with Gasteiger partial charge in [0.15, 0.2) is 0 Å². The predicted molar refractivity (Wildman–Crippen MR) is 71.6 cm³/mol. The summed E-state index contributed by atoms with van der Waals surface area (Å²) >= 11 is 0. The average Bonchev–Trinajstić information content (AvgIpc) is 3.16. The van der Waals surface area contributed by atoms with E-state index in [1.807, 2.05) is 37.3 Å². The van der Waals surface area contributed by atoms with E-state index >= 15 is 0 Å². The van der Waals surface area contributed by atoms with Crippen LogP contribution in [0.25, 0.3) is 0 Å². The van der Waals surface area contributed by atoms with Crippen LogP contribution in [-0.2, 0) is 0 Å². The van der Waals surface area contributed by atoms with Crippen LogP contribution in [-0.4, -0.2) is 12.6 Å². The lowest BCUT2D eigenvalue weighted by atomic mass is 10.3. The molecule has 1 fully saturated rings. The maximum absolute atomic E-state index is 11.6. The molecule has 1 saturated carbocycles. The Kier molecular flexibility index (Phi) is 4.23. The molecule has 0 heterocycles. The highest BCUT2D eigenvalue weighted by molar-refractivity contribution is 5.91. The van der Waals surface area contributed by atoms with Crippen molar-refractivity contribution in [2.75, 3.05) is 11.9 Å². The molecule has 1 aromatic rings. The van der Waals surface area contributed by atoms with Gasteiger partial charge in [-0.25, -0.2) is 4.79 Å². The second kappa shape index (κ2) is 6.10. The number of rotatable bonds is 5. The van der Waals surface area contributed by atoms with E-state index in [4.69, 9.17) is 4.74 Å². The molecule has 0 saturated heterocycles. The largest absolute Gasteiger partial charge is 0.492 e. The standard InChI is InChI=1S/C14H18N2O2/c1-2-18-13-6-4-3-5-12(13)16-14(17)15-10-9-11-7-8-11/h3-6,9-11H,2,7-8H2,1H3,(H2,15,16,17)/b10-9+. The first-order chi connectivity index (χ1) is 8.79. The first kappa shape index (κ1) is 12.5. The maximum atomic E-state index is 11.6. The van der Waals surface area contributed by atoms with Crippen molar-refractivity contribution in [3.05, 3.63) is 36.5 Å². The van der Waals surface area contributed by atoms with Crippen LogP contribution in [0.4, 0.5) is 10.5 Å². The highest BCUT2D eigenvalue weighted by atomic mass is 16.5. The topological polar surface area (TPSA) is 50.4 Å². The van der Waals surface area contributed by atoms with Gasteiger partial charge < -0.3 is 15.4 Å². The second-order valence-electron chi connectivity index (χ2n) is 4.22. The zero-order valence-corrected chi connectivity index (χ0v) is 10.5. The van der Waals surface area contributed by atoms with E-state index in [2.05, 4.69) is 10.6 Å². The Morgan fingerprint density at radius 2 is 2.22 bits per heavy atom. The molecule has 1 aromatic carbocycles. The minimum atomic E-state index is -0.251. The number of hydrogen-bond acceptors (Lipinski definition) is 2. The Morgan fingerprint density at radius 3 is 2.94 bits per heavy atom.